The molecule has 2 atom stereocenters. The van der Waals surface area contributed by atoms with Crippen molar-refractivity contribution in [3.8, 4) is 0 Å². The van der Waals surface area contributed by atoms with Gasteiger partial charge in [0.2, 0.25) is 5.95 Å². The number of fused-ring (bicyclic) bond motifs is 1. The minimum absolute atomic E-state index is 0.194. The summed E-state index contributed by atoms with van der Waals surface area (Å²) in [6.07, 6.45) is 3.08. The summed E-state index contributed by atoms with van der Waals surface area (Å²) in [4.78, 5) is 23.4. The molecule has 0 bridgehead atoms. The molecule has 3 rings (SSSR count). The van der Waals surface area contributed by atoms with Crippen LogP contribution in [0.4, 0.5) is 5.95 Å². The van der Waals surface area contributed by atoms with E-state index in [1.165, 1.54) is 6.20 Å². The number of nitrogens with one attached hydrogen (secondary N) is 2. The molecule has 6 nitrogen and oxygen atoms in total. The summed E-state index contributed by atoms with van der Waals surface area (Å²) in [6, 6.07) is 8.34. The monoisotopic (exact) mass is 362 g/mol. The van der Waals surface area contributed by atoms with Crippen molar-refractivity contribution >= 4 is 39.3 Å². The van der Waals surface area contributed by atoms with Gasteiger partial charge in [-0.1, -0.05) is 11.6 Å². The number of halogens is 1. The van der Waals surface area contributed by atoms with Gasteiger partial charge in [0, 0.05) is 33.9 Å². The number of nitrogens with zero attached hydrogens (tertiary/aromatic N) is 2. The number of aromatic nitrogens is 3. The molecule has 124 valence electrons. The zero-order valence-electron chi connectivity index (χ0n) is 13.0. The van der Waals surface area contributed by atoms with Crippen molar-refractivity contribution in [1.29, 1.82) is 0 Å². The molecule has 0 saturated carbocycles. The topological polar surface area (TPSA) is 87.7 Å². The van der Waals surface area contributed by atoms with E-state index in [1.807, 2.05) is 6.92 Å². The first-order valence-electron chi connectivity index (χ1n) is 7.19. The van der Waals surface area contributed by atoms with Crippen LogP contribution in [-0.2, 0) is 10.8 Å². The zero-order valence-corrected chi connectivity index (χ0v) is 14.6. The Bertz CT molecular complexity index is 989. The van der Waals surface area contributed by atoms with Gasteiger partial charge >= 0.3 is 0 Å². The van der Waals surface area contributed by atoms with Crippen molar-refractivity contribution in [2.24, 2.45) is 0 Å². The second kappa shape index (κ2) is 6.70. The van der Waals surface area contributed by atoms with Gasteiger partial charge in [-0.05, 0) is 37.3 Å². The summed E-state index contributed by atoms with van der Waals surface area (Å²) < 4.78 is 11.5. The van der Waals surface area contributed by atoms with E-state index >= 15 is 0 Å². The highest BCUT2D eigenvalue weighted by Crippen LogP contribution is 2.21. The Kier molecular flexibility index (Phi) is 4.64. The van der Waals surface area contributed by atoms with Crippen LogP contribution in [0.1, 0.15) is 18.5 Å². The van der Waals surface area contributed by atoms with E-state index in [-0.39, 0.29) is 11.6 Å². The third kappa shape index (κ3) is 3.47. The first-order valence-corrected chi connectivity index (χ1v) is 9.13. The largest absolute Gasteiger partial charge is 0.347 e. The average molecular weight is 363 g/mol. The molecule has 0 fully saturated rings. The molecule has 24 heavy (non-hydrogen) atoms. The summed E-state index contributed by atoms with van der Waals surface area (Å²) in [6.45, 7) is 1.83. The number of hydrogen-bond acceptors (Lipinski definition) is 5. The highest BCUT2D eigenvalue weighted by atomic mass is 35.5. The predicted molar refractivity (Wildman–Crippen MR) is 96.0 cm³/mol. The van der Waals surface area contributed by atoms with Gasteiger partial charge in [-0.25, -0.2) is 9.97 Å². The average Bonchev–Trinajstić information content (AvgIpc) is 2.54. The van der Waals surface area contributed by atoms with Crippen LogP contribution < -0.4 is 10.9 Å². The van der Waals surface area contributed by atoms with Crippen molar-refractivity contribution in [1.82, 2.24) is 15.0 Å². The van der Waals surface area contributed by atoms with E-state index in [2.05, 4.69) is 20.3 Å². The molecule has 0 aliphatic heterocycles. The molecule has 0 saturated heterocycles. The molecule has 3 aromatic rings. The number of anilines is 1. The van der Waals surface area contributed by atoms with E-state index in [1.54, 1.807) is 36.6 Å². The Morgan fingerprint density at radius 2 is 2.08 bits per heavy atom. The lowest BCUT2D eigenvalue weighted by Crippen LogP contribution is -2.20. The Labute approximate surface area is 145 Å². The first-order chi connectivity index (χ1) is 11.4. The van der Waals surface area contributed by atoms with Crippen LogP contribution in [0.3, 0.4) is 0 Å². The van der Waals surface area contributed by atoms with Gasteiger partial charge in [0.25, 0.3) is 5.56 Å². The van der Waals surface area contributed by atoms with Crippen LogP contribution in [0.2, 0.25) is 5.02 Å². The number of pyridine rings is 1. The van der Waals surface area contributed by atoms with Gasteiger partial charge in [-0.3, -0.25) is 9.00 Å². The van der Waals surface area contributed by atoms with Gasteiger partial charge in [0.05, 0.1) is 16.8 Å². The van der Waals surface area contributed by atoms with Crippen LogP contribution >= 0.6 is 11.6 Å². The minimum Gasteiger partial charge on any atom is -0.347 e. The van der Waals surface area contributed by atoms with Gasteiger partial charge in [0.15, 0.2) is 0 Å². The Morgan fingerprint density at radius 3 is 2.83 bits per heavy atom. The summed E-state index contributed by atoms with van der Waals surface area (Å²) in [5, 5.41) is 4.94. The molecule has 0 spiro atoms. The van der Waals surface area contributed by atoms with Crippen molar-refractivity contribution in [3.63, 3.8) is 0 Å². The van der Waals surface area contributed by atoms with E-state index < -0.39 is 10.8 Å². The summed E-state index contributed by atoms with van der Waals surface area (Å²) in [5.74, 6) is 0.320. The van der Waals surface area contributed by atoms with E-state index in [0.29, 0.717) is 21.6 Å². The minimum atomic E-state index is -1.20. The third-order valence-electron chi connectivity index (χ3n) is 3.57. The lowest BCUT2D eigenvalue weighted by Gasteiger charge is -2.14. The Hall–Kier alpha value is -2.25. The summed E-state index contributed by atoms with van der Waals surface area (Å²) >= 11 is 6.01. The maximum absolute atomic E-state index is 12.3. The molecule has 0 radical (unpaired) electrons. The van der Waals surface area contributed by atoms with Crippen LogP contribution in [0.25, 0.3) is 10.9 Å². The second-order valence-corrected chi connectivity index (χ2v) is 7.09. The molecule has 2 aromatic heterocycles. The molecule has 0 aliphatic carbocycles. The molecular weight excluding hydrogens is 348 g/mol. The fraction of sp³-hybridized carbons (Fsp3) is 0.188. The van der Waals surface area contributed by atoms with Gasteiger partial charge in [-0.2, -0.15) is 0 Å². The zero-order chi connectivity index (χ0) is 17.3. The predicted octanol–water partition coefficient (Wildman–Crippen LogP) is 2.88. The highest BCUT2D eigenvalue weighted by molar-refractivity contribution is 7.84. The molecule has 0 amide bonds. The van der Waals surface area contributed by atoms with Crippen molar-refractivity contribution in [2.45, 2.75) is 18.0 Å². The number of H-pyrrole nitrogens is 1. The van der Waals surface area contributed by atoms with E-state index in [4.69, 9.17) is 11.6 Å². The van der Waals surface area contributed by atoms with Crippen molar-refractivity contribution in [2.75, 3.05) is 11.6 Å². The Balaban J connectivity index is 1.95. The molecule has 2 heterocycles. The normalized spacial score (nSPS) is 13.6. The van der Waals surface area contributed by atoms with Gasteiger partial charge in [0.1, 0.15) is 5.03 Å². The smallest absolute Gasteiger partial charge is 0.253 e. The lowest BCUT2D eigenvalue weighted by atomic mass is 10.1. The van der Waals surface area contributed by atoms with Crippen LogP contribution in [-0.4, -0.2) is 25.4 Å². The third-order valence-corrected chi connectivity index (χ3v) is 4.62. The maximum Gasteiger partial charge on any atom is 0.253 e. The second-order valence-electron chi connectivity index (χ2n) is 5.32. The quantitative estimate of drug-likeness (QED) is 0.697. The summed E-state index contributed by atoms with van der Waals surface area (Å²) in [5.41, 5.74) is 1.07. The molecule has 8 heteroatoms. The first kappa shape index (κ1) is 16.6. The fourth-order valence-corrected chi connectivity index (χ4v) is 3.01. The number of hydrogen-bond donors (Lipinski definition) is 2. The highest BCUT2D eigenvalue weighted by Gasteiger charge is 2.13. The molecule has 0 unspecified atom stereocenters. The van der Waals surface area contributed by atoms with E-state index in [0.717, 1.165) is 10.9 Å². The van der Waals surface area contributed by atoms with Crippen molar-refractivity contribution < 1.29 is 4.21 Å². The number of aromatic amines is 1. The SMILES string of the molecule is C[C@H](Nc1nccc([S@](C)=O)n1)c1cc2cc(Cl)ccc2[nH]c1=O. The van der Waals surface area contributed by atoms with Gasteiger partial charge in [-0.15, -0.1) is 0 Å². The van der Waals surface area contributed by atoms with Crippen LogP contribution in [0.15, 0.2) is 46.3 Å². The van der Waals surface area contributed by atoms with Gasteiger partial charge < -0.3 is 10.3 Å². The Morgan fingerprint density at radius 1 is 1.29 bits per heavy atom. The molecular formula is C16H15ClN4O2S. The van der Waals surface area contributed by atoms with Crippen LogP contribution in [0, 0.1) is 0 Å². The number of benzene rings is 1. The maximum atomic E-state index is 12.3. The van der Waals surface area contributed by atoms with Crippen molar-refractivity contribution in [3.05, 3.63) is 57.5 Å². The molecule has 0 aliphatic rings. The number of rotatable bonds is 4. The molecule has 1 aromatic carbocycles. The van der Waals surface area contributed by atoms with E-state index in [9.17, 15) is 9.00 Å². The standard InChI is InChI=1S/C16H15ClN4O2S/c1-9(19-16-18-6-5-14(21-16)24(2)23)12-8-10-7-11(17)3-4-13(10)20-15(12)22/h3-9H,1-2H3,(H,20,22)(H,18,19,21)/t9-,24-/m0/s1. The van der Waals surface area contributed by atoms with Crippen LogP contribution in [0.5, 0.6) is 0 Å². The summed E-state index contributed by atoms with van der Waals surface area (Å²) in [7, 11) is -1.20. The lowest BCUT2D eigenvalue weighted by molar-refractivity contribution is 0.683. The fourth-order valence-electron chi connectivity index (χ4n) is 2.36. The molecule has 2 N–H and O–H groups in total.